The zero-order valence-corrected chi connectivity index (χ0v) is 12.8. The van der Waals surface area contributed by atoms with E-state index in [4.69, 9.17) is 5.73 Å². The molecule has 2 aromatic rings. The van der Waals surface area contributed by atoms with E-state index in [0.29, 0.717) is 13.0 Å². The lowest BCUT2D eigenvalue weighted by Gasteiger charge is -2.20. The number of hydrogen-bond donors (Lipinski definition) is 1. The molecule has 0 saturated heterocycles. The van der Waals surface area contributed by atoms with E-state index < -0.39 is 23.2 Å². The van der Waals surface area contributed by atoms with Gasteiger partial charge in [0.2, 0.25) is 0 Å². The van der Waals surface area contributed by atoms with Gasteiger partial charge in [0.15, 0.2) is 0 Å². The van der Waals surface area contributed by atoms with Crippen LogP contribution in [0, 0.1) is 0 Å². The lowest BCUT2D eigenvalue weighted by molar-refractivity contribution is -0.137. The fourth-order valence-corrected chi connectivity index (χ4v) is 2.78. The van der Waals surface area contributed by atoms with Crippen molar-refractivity contribution >= 4 is 10.9 Å². The minimum atomic E-state index is -4.58. The molecule has 0 radical (unpaired) electrons. The van der Waals surface area contributed by atoms with Crippen LogP contribution >= 0.6 is 0 Å². The number of alkyl halides is 3. The third kappa shape index (κ3) is 2.75. The van der Waals surface area contributed by atoms with Crippen LogP contribution in [0.5, 0.6) is 0 Å². The molecule has 120 valence electrons. The molecule has 0 spiro atoms. The smallest absolute Gasteiger partial charge is 0.330 e. The average Bonchev–Trinajstić information content (AvgIpc) is 2.41. The summed E-state index contributed by atoms with van der Waals surface area (Å²) in [5, 5.41) is 0.0595. The molecule has 22 heavy (non-hydrogen) atoms. The van der Waals surface area contributed by atoms with Crippen LogP contribution in [0.25, 0.3) is 10.9 Å². The minimum Gasteiger partial charge on any atom is -0.330 e. The highest BCUT2D eigenvalue weighted by molar-refractivity contribution is 5.85. The molecule has 0 unspecified atom stereocenters. The summed E-state index contributed by atoms with van der Waals surface area (Å²) in [7, 11) is 1.50. The first-order valence-corrected chi connectivity index (χ1v) is 7.11. The zero-order valence-electron chi connectivity index (χ0n) is 12.8. The van der Waals surface area contributed by atoms with Gasteiger partial charge in [0.25, 0.3) is 5.56 Å². The molecule has 0 fully saturated rings. The van der Waals surface area contributed by atoms with Gasteiger partial charge in [0.1, 0.15) is 0 Å². The van der Waals surface area contributed by atoms with E-state index >= 15 is 0 Å². The number of halogens is 3. The molecule has 6 heteroatoms. The van der Waals surface area contributed by atoms with Crippen LogP contribution < -0.4 is 11.3 Å². The van der Waals surface area contributed by atoms with Gasteiger partial charge in [-0.15, -0.1) is 0 Å². The summed E-state index contributed by atoms with van der Waals surface area (Å²) in [6.45, 7) is 3.55. The predicted octanol–water partition coefficient (Wildman–Crippen LogP) is 3.18. The summed E-state index contributed by atoms with van der Waals surface area (Å²) in [5.74, 6) is -0.516. The Kier molecular flexibility index (Phi) is 4.33. The maximum Gasteiger partial charge on any atom is 0.417 e. The summed E-state index contributed by atoms with van der Waals surface area (Å²) in [6, 6.07) is 4.77. The Morgan fingerprint density at radius 3 is 2.41 bits per heavy atom. The van der Waals surface area contributed by atoms with Crippen molar-refractivity contribution in [1.82, 2.24) is 4.57 Å². The van der Waals surface area contributed by atoms with Crippen molar-refractivity contribution < 1.29 is 13.2 Å². The van der Waals surface area contributed by atoms with Gasteiger partial charge in [-0.3, -0.25) is 4.79 Å². The largest absolute Gasteiger partial charge is 0.417 e. The van der Waals surface area contributed by atoms with Crippen LogP contribution in [0.3, 0.4) is 0 Å². The maximum atomic E-state index is 13.6. The molecule has 3 nitrogen and oxygen atoms in total. The molecule has 0 atom stereocenters. The first-order valence-electron chi connectivity index (χ1n) is 7.11. The predicted molar refractivity (Wildman–Crippen MR) is 81.0 cm³/mol. The number of aromatic nitrogens is 1. The molecule has 1 aromatic carbocycles. The summed E-state index contributed by atoms with van der Waals surface area (Å²) < 4.78 is 42.1. The first-order chi connectivity index (χ1) is 10.2. The van der Waals surface area contributed by atoms with Crippen LogP contribution in [0.2, 0.25) is 0 Å². The molecule has 2 N–H and O–H groups in total. The number of aryl methyl sites for hydroxylation is 1. The Labute approximate surface area is 126 Å². The van der Waals surface area contributed by atoms with Gasteiger partial charge >= 0.3 is 6.18 Å². The third-order valence-corrected chi connectivity index (χ3v) is 3.79. The highest BCUT2D eigenvalue weighted by Gasteiger charge is 2.38. The normalized spacial score (nSPS) is 12.4. The van der Waals surface area contributed by atoms with Gasteiger partial charge in [-0.1, -0.05) is 19.9 Å². The standard InChI is InChI=1S/C16H19F3N2O/c1-9(2)13-14(16(17,18)19)11-8-10(6-7-20)4-5-12(11)21(3)15(13)22/h4-5,8-9H,6-7,20H2,1-3H3. The van der Waals surface area contributed by atoms with Crippen LogP contribution in [0.15, 0.2) is 23.0 Å². The summed E-state index contributed by atoms with van der Waals surface area (Å²) in [6.07, 6.45) is -4.08. The van der Waals surface area contributed by atoms with E-state index in [9.17, 15) is 18.0 Å². The summed E-state index contributed by atoms with van der Waals surface area (Å²) in [4.78, 5) is 12.3. The van der Waals surface area contributed by atoms with Crippen molar-refractivity contribution in [1.29, 1.82) is 0 Å². The van der Waals surface area contributed by atoms with Gasteiger partial charge in [-0.05, 0) is 36.6 Å². The van der Waals surface area contributed by atoms with Crippen molar-refractivity contribution in [2.24, 2.45) is 12.8 Å². The molecule has 2 rings (SSSR count). The fraction of sp³-hybridized carbons (Fsp3) is 0.438. The highest BCUT2D eigenvalue weighted by Crippen LogP contribution is 2.38. The number of hydrogen-bond acceptors (Lipinski definition) is 2. The van der Waals surface area contributed by atoms with Gasteiger partial charge < -0.3 is 10.3 Å². The number of nitrogens with zero attached hydrogens (tertiary/aromatic N) is 1. The fourth-order valence-electron chi connectivity index (χ4n) is 2.78. The van der Waals surface area contributed by atoms with Crippen molar-refractivity contribution in [2.75, 3.05) is 6.54 Å². The molecule has 0 amide bonds. The number of pyridine rings is 1. The lowest BCUT2D eigenvalue weighted by Crippen LogP contribution is -2.28. The van der Waals surface area contributed by atoms with E-state index in [1.807, 2.05) is 0 Å². The number of rotatable bonds is 3. The monoisotopic (exact) mass is 312 g/mol. The quantitative estimate of drug-likeness (QED) is 0.946. The van der Waals surface area contributed by atoms with Gasteiger partial charge in [-0.25, -0.2) is 0 Å². The maximum absolute atomic E-state index is 13.6. The Balaban J connectivity index is 3.00. The van der Waals surface area contributed by atoms with Gasteiger partial charge in [0.05, 0.1) is 11.1 Å². The van der Waals surface area contributed by atoms with Gasteiger partial charge in [0, 0.05) is 18.0 Å². The van der Waals surface area contributed by atoms with E-state index in [1.165, 1.54) is 17.7 Å². The molecule has 0 saturated carbocycles. The Morgan fingerprint density at radius 2 is 1.91 bits per heavy atom. The van der Waals surface area contributed by atoms with E-state index in [0.717, 1.165) is 5.56 Å². The van der Waals surface area contributed by atoms with Crippen LogP contribution in [0.1, 0.15) is 36.5 Å². The van der Waals surface area contributed by atoms with E-state index in [1.54, 1.807) is 26.0 Å². The van der Waals surface area contributed by atoms with E-state index in [2.05, 4.69) is 0 Å². The number of benzene rings is 1. The first kappa shape index (κ1) is 16.5. The topological polar surface area (TPSA) is 48.0 Å². The molecule has 0 aliphatic heterocycles. The lowest BCUT2D eigenvalue weighted by atomic mass is 9.93. The van der Waals surface area contributed by atoms with Crippen molar-refractivity contribution in [3.8, 4) is 0 Å². The van der Waals surface area contributed by atoms with Crippen LogP contribution in [0.4, 0.5) is 13.2 Å². The Morgan fingerprint density at radius 1 is 1.27 bits per heavy atom. The second kappa shape index (κ2) is 5.76. The molecule has 0 bridgehead atoms. The van der Waals surface area contributed by atoms with Gasteiger partial charge in [-0.2, -0.15) is 13.2 Å². The Bertz CT molecular complexity index is 761. The molecule has 1 heterocycles. The zero-order chi connectivity index (χ0) is 16.7. The molecular weight excluding hydrogens is 293 g/mol. The molecular formula is C16H19F3N2O. The van der Waals surface area contributed by atoms with E-state index in [-0.39, 0.29) is 16.5 Å². The Hall–Kier alpha value is -1.82. The molecule has 1 aromatic heterocycles. The minimum absolute atomic E-state index is 0.0595. The average molecular weight is 312 g/mol. The number of nitrogens with two attached hydrogens (primary N) is 1. The third-order valence-electron chi connectivity index (χ3n) is 3.79. The van der Waals surface area contributed by atoms with Crippen molar-refractivity contribution in [3.05, 3.63) is 45.2 Å². The highest BCUT2D eigenvalue weighted by atomic mass is 19.4. The number of fused-ring (bicyclic) bond motifs is 1. The molecule has 0 aliphatic carbocycles. The molecule has 0 aliphatic rings. The van der Waals surface area contributed by atoms with Crippen LogP contribution in [-0.2, 0) is 19.6 Å². The second-order valence-corrected chi connectivity index (χ2v) is 5.70. The van der Waals surface area contributed by atoms with Crippen LogP contribution in [-0.4, -0.2) is 11.1 Å². The van der Waals surface area contributed by atoms with Crippen molar-refractivity contribution in [3.63, 3.8) is 0 Å². The van der Waals surface area contributed by atoms with Crippen molar-refractivity contribution in [2.45, 2.75) is 32.4 Å². The SMILES string of the molecule is CC(C)c1c(C(F)(F)F)c2cc(CCN)ccc2n(C)c1=O. The summed E-state index contributed by atoms with van der Waals surface area (Å²) in [5.41, 5.74) is 4.89. The second-order valence-electron chi connectivity index (χ2n) is 5.70. The summed E-state index contributed by atoms with van der Waals surface area (Å²) >= 11 is 0.